The monoisotopic (exact) mass is 161 g/mol. The molecule has 0 atom stereocenters. The van der Waals surface area contributed by atoms with Gasteiger partial charge in [0.05, 0.1) is 23.7 Å². The van der Waals surface area contributed by atoms with Gasteiger partial charge in [0.2, 0.25) is 0 Å². The molecule has 0 radical (unpaired) electrons. The van der Waals surface area contributed by atoms with Crippen LogP contribution in [-0.4, -0.2) is 14.4 Å². The van der Waals surface area contributed by atoms with Crippen molar-refractivity contribution in [2.75, 3.05) is 0 Å². The lowest BCUT2D eigenvalue weighted by atomic mass is 10.1. The summed E-state index contributed by atoms with van der Waals surface area (Å²) in [6.07, 6.45) is 7.36. The molecule has 2 aromatic rings. The van der Waals surface area contributed by atoms with Crippen LogP contribution in [0.4, 0.5) is 0 Å². The summed E-state index contributed by atoms with van der Waals surface area (Å²) in [4.78, 5) is 8.39. The molecule has 0 aliphatic carbocycles. The number of rotatable bonds is 1. The van der Waals surface area contributed by atoms with Crippen LogP contribution in [0.5, 0.6) is 0 Å². The van der Waals surface area contributed by atoms with Crippen molar-refractivity contribution in [1.29, 1.82) is 0 Å². The van der Waals surface area contributed by atoms with Gasteiger partial charge in [-0.2, -0.15) is 0 Å². The molecule has 0 amide bonds. The zero-order valence-electron chi connectivity index (χ0n) is 7.23. The first-order valence-electron chi connectivity index (χ1n) is 4.05. The third-order valence-electron chi connectivity index (χ3n) is 1.92. The van der Waals surface area contributed by atoms with Gasteiger partial charge >= 0.3 is 0 Å². The maximum atomic E-state index is 4.32. The van der Waals surface area contributed by atoms with Crippen LogP contribution in [0, 0.1) is 0 Å². The first-order valence-corrected chi connectivity index (χ1v) is 4.05. The van der Waals surface area contributed by atoms with E-state index < -0.39 is 0 Å². The van der Waals surface area contributed by atoms with Crippen LogP contribution in [0.1, 0.15) is 25.5 Å². The third kappa shape index (κ3) is 0.978. The second-order valence-corrected chi connectivity index (χ2v) is 3.15. The largest absolute Gasteiger partial charge is 0.303 e. The van der Waals surface area contributed by atoms with E-state index in [-0.39, 0.29) is 0 Å². The van der Waals surface area contributed by atoms with Crippen molar-refractivity contribution in [3.63, 3.8) is 0 Å². The van der Waals surface area contributed by atoms with E-state index in [4.69, 9.17) is 0 Å². The Balaban J connectivity index is 2.73. The number of hydrogen-bond acceptors (Lipinski definition) is 2. The maximum Gasteiger partial charge on any atom is 0.0993 e. The molecule has 0 N–H and O–H groups in total. The minimum Gasteiger partial charge on any atom is -0.303 e. The summed E-state index contributed by atoms with van der Waals surface area (Å²) in [6, 6.07) is 0. The molecule has 3 nitrogen and oxygen atoms in total. The molecule has 0 saturated heterocycles. The van der Waals surface area contributed by atoms with Crippen molar-refractivity contribution in [3.05, 3.63) is 30.6 Å². The molecule has 2 aromatic heterocycles. The zero-order chi connectivity index (χ0) is 8.55. The molecule has 2 heterocycles. The Bertz CT molecular complexity index is 389. The van der Waals surface area contributed by atoms with Crippen molar-refractivity contribution in [3.8, 4) is 0 Å². The predicted molar refractivity (Wildman–Crippen MR) is 47.1 cm³/mol. The number of nitrogens with zero attached hydrogens (tertiary/aromatic N) is 3. The summed E-state index contributed by atoms with van der Waals surface area (Å²) in [6.45, 7) is 4.27. The van der Waals surface area contributed by atoms with Crippen molar-refractivity contribution >= 4 is 5.52 Å². The summed E-state index contributed by atoms with van der Waals surface area (Å²) in [7, 11) is 0. The Hall–Kier alpha value is -1.38. The molecule has 0 aliphatic rings. The molecule has 0 spiro atoms. The highest BCUT2D eigenvalue weighted by molar-refractivity contribution is 5.50. The highest BCUT2D eigenvalue weighted by Crippen LogP contribution is 2.16. The molecular weight excluding hydrogens is 150 g/mol. The van der Waals surface area contributed by atoms with E-state index in [1.165, 1.54) is 0 Å². The number of fused-ring (bicyclic) bond motifs is 1. The van der Waals surface area contributed by atoms with Crippen LogP contribution in [0.2, 0.25) is 0 Å². The maximum absolute atomic E-state index is 4.32. The van der Waals surface area contributed by atoms with Crippen LogP contribution < -0.4 is 0 Å². The first kappa shape index (κ1) is 7.28. The number of aromatic nitrogens is 3. The second kappa shape index (κ2) is 2.59. The van der Waals surface area contributed by atoms with Gasteiger partial charge in [-0.15, -0.1) is 0 Å². The predicted octanol–water partition coefficient (Wildman–Crippen LogP) is 1.85. The lowest BCUT2D eigenvalue weighted by Crippen LogP contribution is -1.95. The lowest BCUT2D eigenvalue weighted by molar-refractivity contribution is 0.822. The smallest absolute Gasteiger partial charge is 0.0993 e. The minimum atomic E-state index is 0.449. The molecule has 2 rings (SSSR count). The average molecular weight is 161 g/mol. The van der Waals surface area contributed by atoms with Gasteiger partial charge in [-0.1, -0.05) is 13.8 Å². The standard InChI is InChI=1S/C9H11N3/c1-7(2)9-8-5-10-6-12(8)4-3-11-9/h3-7H,1-2H3. The summed E-state index contributed by atoms with van der Waals surface area (Å²) < 4.78 is 1.99. The van der Waals surface area contributed by atoms with Gasteiger partial charge < -0.3 is 4.40 Å². The second-order valence-electron chi connectivity index (χ2n) is 3.15. The van der Waals surface area contributed by atoms with Gasteiger partial charge in [0.15, 0.2) is 0 Å². The normalized spacial score (nSPS) is 11.2. The quantitative estimate of drug-likeness (QED) is 0.639. The fourth-order valence-corrected chi connectivity index (χ4v) is 1.32. The fourth-order valence-electron chi connectivity index (χ4n) is 1.32. The Labute approximate surface area is 71.1 Å². The van der Waals surface area contributed by atoms with Crippen LogP contribution in [0.25, 0.3) is 5.52 Å². The van der Waals surface area contributed by atoms with Crippen LogP contribution >= 0.6 is 0 Å². The first-order chi connectivity index (χ1) is 5.79. The van der Waals surface area contributed by atoms with Gasteiger partial charge in [-0.25, -0.2) is 4.98 Å². The highest BCUT2D eigenvalue weighted by Gasteiger charge is 2.05. The molecule has 0 aromatic carbocycles. The third-order valence-corrected chi connectivity index (χ3v) is 1.92. The average Bonchev–Trinajstić information content (AvgIpc) is 2.49. The molecule has 12 heavy (non-hydrogen) atoms. The van der Waals surface area contributed by atoms with E-state index in [1.807, 2.05) is 23.0 Å². The van der Waals surface area contributed by atoms with Crippen molar-refractivity contribution in [2.45, 2.75) is 19.8 Å². The minimum absolute atomic E-state index is 0.449. The van der Waals surface area contributed by atoms with E-state index >= 15 is 0 Å². The highest BCUT2D eigenvalue weighted by atomic mass is 15.0. The number of hydrogen-bond donors (Lipinski definition) is 0. The van der Waals surface area contributed by atoms with E-state index in [0.29, 0.717) is 5.92 Å². The Morgan fingerprint density at radius 2 is 2.25 bits per heavy atom. The van der Waals surface area contributed by atoms with Crippen LogP contribution in [0.3, 0.4) is 0 Å². The molecular formula is C9H11N3. The zero-order valence-corrected chi connectivity index (χ0v) is 7.23. The Morgan fingerprint density at radius 1 is 1.42 bits per heavy atom. The number of imidazole rings is 1. The summed E-state index contributed by atoms with van der Waals surface area (Å²) in [5.74, 6) is 0.449. The summed E-state index contributed by atoms with van der Waals surface area (Å²) in [5.41, 5.74) is 2.21. The molecule has 0 bridgehead atoms. The molecule has 0 fully saturated rings. The fraction of sp³-hybridized carbons (Fsp3) is 0.333. The summed E-state index contributed by atoms with van der Waals surface area (Å²) in [5, 5.41) is 0. The molecule has 3 heteroatoms. The van der Waals surface area contributed by atoms with E-state index in [1.54, 1.807) is 6.33 Å². The van der Waals surface area contributed by atoms with Gasteiger partial charge in [0.25, 0.3) is 0 Å². The molecule has 0 unspecified atom stereocenters. The summed E-state index contributed by atoms with van der Waals surface area (Å²) >= 11 is 0. The molecule has 0 saturated carbocycles. The topological polar surface area (TPSA) is 30.2 Å². The lowest BCUT2D eigenvalue weighted by Gasteiger charge is -2.04. The molecule has 0 aliphatic heterocycles. The van der Waals surface area contributed by atoms with Crippen molar-refractivity contribution in [1.82, 2.24) is 14.4 Å². The molecule has 62 valence electrons. The Kier molecular flexibility index (Phi) is 1.57. The van der Waals surface area contributed by atoms with Gasteiger partial charge in [0, 0.05) is 12.4 Å². The van der Waals surface area contributed by atoms with E-state index in [0.717, 1.165) is 11.2 Å². The van der Waals surface area contributed by atoms with E-state index in [9.17, 15) is 0 Å². The van der Waals surface area contributed by atoms with Gasteiger partial charge in [0.1, 0.15) is 0 Å². The van der Waals surface area contributed by atoms with Crippen molar-refractivity contribution < 1.29 is 0 Å². The van der Waals surface area contributed by atoms with Gasteiger partial charge in [-0.3, -0.25) is 4.98 Å². The van der Waals surface area contributed by atoms with Gasteiger partial charge in [-0.05, 0) is 5.92 Å². The van der Waals surface area contributed by atoms with Crippen molar-refractivity contribution in [2.24, 2.45) is 0 Å². The van der Waals surface area contributed by atoms with E-state index in [2.05, 4.69) is 23.8 Å². The Morgan fingerprint density at radius 3 is 3.00 bits per heavy atom. The van der Waals surface area contributed by atoms with Crippen LogP contribution in [0.15, 0.2) is 24.9 Å². The van der Waals surface area contributed by atoms with Crippen LogP contribution in [-0.2, 0) is 0 Å². The SMILES string of the molecule is CC(C)c1nccn2cncc12.